The van der Waals surface area contributed by atoms with E-state index in [0.717, 1.165) is 0 Å². The summed E-state index contributed by atoms with van der Waals surface area (Å²) in [6.07, 6.45) is 0. The summed E-state index contributed by atoms with van der Waals surface area (Å²) in [5, 5.41) is 3.51. The Hall–Kier alpha value is -3.02. The van der Waals surface area contributed by atoms with Crippen LogP contribution in [0.3, 0.4) is 0 Å². The summed E-state index contributed by atoms with van der Waals surface area (Å²) < 4.78 is 10.5. The second-order valence-corrected chi connectivity index (χ2v) is 6.47. The third kappa shape index (κ3) is 5.25. The lowest BCUT2D eigenvalue weighted by Gasteiger charge is -2.09. The average Bonchev–Trinajstić information content (AvgIpc) is 2.69. The summed E-state index contributed by atoms with van der Waals surface area (Å²) in [5.74, 6) is -0.182. The minimum atomic E-state index is -0.576. The summed E-state index contributed by atoms with van der Waals surface area (Å²) in [6.45, 7) is -0.283. The fourth-order valence-electron chi connectivity index (χ4n) is 2.31. The molecule has 3 aromatic rings. The lowest BCUT2D eigenvalue weighted by atomic mass is 10.2. The molecule has 5 nitrogen and oxygen atoms in total. The number of carbonyl (C=O) groups is 2. The maximum Gasteiger partial charge on any atom is 0.349 e. The highest BCUT2D eigenvalue weighted by molar-refractivity contribution is 6.34. The van der Waals surface area contributed by atoms with Crippen molar-refractivity contribution in [1.29, 1.82) is 0 Å². The minimum absolute atomic E-state index is 0.283. The van der Waals surface area contributed by atoms with E-state index < -0.39 is 5.97 Å². The summed E-state index contributed by atoms with van der Waals surface area (Å²) in [6, 6.07) is 20.0. The number of anilines is 1. The molecule has 1 amide bonds. The van der Waals surface area contributed by atoms with Crippen molar-refractivity contribution in [3.63, 3.8) is 0 Å². The predicted octanol–water partition coefficient (Wildman–Crippen LogP) is 5.23. The number of benzene rings is 3. The Morgan fingerprint density at radius 2 is 1.46 bits per heavy atom. The van der Waals surface area contributed by atoms with Gasteiger partial charge in [-0.3, -0.25) is 4.79 Å². The number of amides is 1. The van der Waals surface area contributed by atoms with Crippen molar-refractivity contribution in [2.75, 3.05) is 11.9 Å². The number of hydrogen-bond donors (Lipinski definition) is 1. The Kier molecular flexibility index (Phi) is 6.53. The SMILES string of the molecule is O=C(COc1ccccc1Cl)Oc1ccc(NC(=O)c2ccccc2Cl)cc1. The van der Waals surface area contributed by atoms with Crippen molar-refractivity contribution in [1.82, 2.24) is 0 Å². The van der Waals surface area contributed by atoms with Gasteiger partial charge in [0, 0.05) is 5.69 Å². The number of nitrogens with one attached hydrogen (secondary N) is 1. The van der Waals surface area contributed by atoms with Crippen molar-refractivity contribution in [2.45, 2.75) is 0 Å². The highest BCUT2D eigenvalue weighted by atomic mass is 35.5. The van der Waals surface area contributed by atoms with Gasteiger partial charge in [0.2, 0.25) is 0 Å². The molecule has 1 N–H and O–H groups in total. The third-order valence-electron chi connectivity index (χ3n) is 3.64. The smallest absolute Gasteiger partial charge is 0.349 e. The number of ether oxygens (including phenoxy) is 2. The molecule has 28 heavy (non-hydrogen) atoms. The number of hydrogen-bond acceptors (Lipinski definition) is 4. The van der Waals surface area contributed by atoms with Gasteiger partial charge in [-0.2, -0.15) is 0 Å². The summed E-state index contributed by atoms with van der Waals surface area (Å²) in [4.78, 5) is 24.1. The zero-order chi connectivity index (χ0) is 19.9. The molecule has 0 saturated heterocycles. The molecule has 3 rings (SSSR count). The van der Waals surface area contributed by atoms with Crippen LogP contribution < -0.4 is 14.8 Å². The van der Waals surface area contributed by atoms with E-state index in [1.165, 1.54) is 0 Å². The Morgan fingerprint density at radius 3 is 2.14 bits per heavy atom. The predicted molar refractivity (Wildman–Crippen MR) is 108 cm³/mol. The molecule has 0 aliphatic carbocycles. The van der Waals surface area contributed by atoms with Gasteiger partial charge in [-0.1, -0.05) is 47.5 Å². The van der Waals surface area contributed by atoms with Crippen molar-refractivity contribution >= 4 is 40.8 Å². The molecule has 0 heterocycles. The zero-order valence-corrected chi connectivity index (χ0v) is 16.0. The lowest BCUT2D eigenvalue weighted by Crippen LogP contribution is -2.18. The second-order valence-electron chi connectivity index (χ2n) is 5.65. The number of carbonyl (C=O) groups excluding carboxylic acids is 2. The molecule has 0 fully saturated rings. The van der Waals surface area contributed by atoms with Gasteiger partial charge in [-0.15, -0.1) is 0 Å². The molecule has 0 saturated carbocycles. The maximum atomic E-state index is 12.2. The van der Waals surface area contributed by atoms with Crippen molar-refractivity contribution in [3.8, 4) is 11.5 Å². The molecule has 0 aliphatic rings. The first kappa shape index (κ1) is 19.7. The number of halogens is 2. The van der Waals surface area contributed by atoms with E-state index in [1.807, 2.05) is 0 Å². The van der Waals surface area contributed by atoms with Crippen LogP contribution in [-0.4, -0.2) is 18.5 Å². The Balaban J connectivity index is 1.54. The Bertz CT molecular complexity index is 990. The topological polar surface area (TPSA) is 64.6 Å². The van der Waals surface area contributed by atoms with E-state index in [9.17, 15) is 9.59 Å². The molecule has 0 atom stereocenters. The van der Waals surface area contributed by atoms with Crippen molar-refractivity contribution < 1.29 is 19.1 Å². The minimum Gasteiger partial charge on any atom is -0.480 e. The van der Waals surface area contributed by atoms with Gasteiger partial charge >= 0.3 is 5.97 Å². The number of rotatable bonds is 6. The van der Waals surface area contributed by atoms with E-state index in [2.05, 4.69) is 5.32 Å². The molecule has 7 heteroatoms. The normalized spacial score (nSPS) is 10.2. The Morgan fingerprint density at radius 1 is 0.821 bits per heavy atom. The zero-order valence-electron chi connectivity index (χ0n) is 14.5. The monoisotopic (exact) mass is 415 g/mol. The van der Waals surface area contributed by atoms with E-state index >= 15 is 0 Å². The molecule has 0 unspecified atom stereocenters. The molecule has 0 aromatic heterocycles. The van der Waals surface area contributed by atoms with Crippen LogP contribution in [0.25, 0.3) is 0 Å². The first-order valence-electron chi connectivity index (χ1n) is 8.27. The van der Waals surface area contributed by atoms with E-state index in [1.54, 1.807) is 72.8 Å². The summed E-state index contributed by atoms with van der Waals surface area (Å²) in [7, 11) is 0. The maximum absolute atomic E-state index is 12.2. The van der Waals surface area contributed by atoms with Crippen LogP contribution in [0, 0.1) is 0 Å². The van der Waals surface area contributed by atoms with Crippen LogP contribution in [0.4, 0.5) is 5.69 Å². The van der Waals surface area contributed by atoms with Crippen LogP contribution in [0.1, 0.15) is 10.4 Å². The van der Waals surface area contributed by atoms with Gasteiger partial charge in [-0.25, -0.2) is 4.79 Å². The van der Waals surface area contributed by atoms with Gasteiger partial charge < -0.3 is 14.8 Å². The van der Waals surface area contributed by atoms with Crippen LogP contribution in [-0.2, 0) is 4.79 Å². The molecule has 0 spiro atoms. The van der Waals surface area contributed by atoms with Crippen LogP contribution in [0.5, 0.6) is 11.5 Å². The van der Waals surface area contributed by atoms with Gasteiger partial charge in [-0.05, 0) is 48.5 Å². The summed E-state index contributed by atoms with van der Waals surface area (Å²) in [5.41, 5.74) is 0.911. The summed E-state index contributed by atoms with van der Waals surface area (Å²) >= 11 is 12.0. The van der Waals surface area contributed by atoms with Gasteiger partial charge in [0.1, 0.15) is 11.5 Å². The second kappa shape index (κ2) is 9.26. The fourth-order valence-corrected chi connectivity index (χ4v) is 2.72. The molecule has 0 radical (unpaired) electrons. The third-order valence-corrected chi connectivity index (χ3v) is 4.29. The number of esters is 1. The first-order valence-corrected chi connectivity index (χ1v) is 9.02. The van der Waals surface area contributed by atoms with Crippen molar-refractivity contribution in [2.24, 2.45) is 0 Å². The molecule has 0 aliphatic heterocycles. The largest absolute Gasteiger partial charge is 0.480 e. The van der Waals surface area contributed by atoms with Crippen LogP contribution >= 0.6 is 23.2 Å². The molecule has 3 aromatic carbocycles. The molecular formula is C21H15Cl2NO4. The molecule has 0 bridgehead atoms. The lowest BCUT2D eigenvalue weighted by molar-refractivity contribution is -0.136. The quantitative estimate of drug-likeness (QED) is 0.442. The Labute approximate surface area is 171 Å². The molecule has 142 valence electrons. The van der Waals surface area contributed by atoms with E-state index in [0.29, 0.717) is 32.8 Å². The molecular weight excluding hydrogens is 401 g/mol. The standard InChI is InChI=1S/C21H15Cl2NO4/c22-17-6-2-1-5-16(17)21(26)24-14-9-11-15(12-10-14)28-20(25)13-27-19-8-4-3-7-18(19)23/h1-12H,13H2,(H,24,26). The van der Waals surface area contributed by atoms with Crippen molar-refractivity contribution in [3.05, 3.63) is 88.4 Å². The van der Waals surface area contributed by atoms with E-state index in [4.69, 9.17) is 32.7 Å². The van der Waals surface area contributed by atoms with Gasteiger partial charge in [0.05, 0.1) is 15.6 Å². The van der Waals surface area contributed by atoms with Crippen LogP contribution in [0.15, 0.2) is 72.8 Å². The highest BCUT2D eigenvalue weighted by Gasteiger charge is 2.11. The van der Waals surface area contributed by atoms with Gasteiger partial charge in [0.25, 0.3) is 5.91 Å². The van der Waals surface area contributed by atoms with Crippen LogP contribution in [0.2, 0.25) is 10.0 Å². The van der Waals surface area contributed by atoms with E-state index in [-0.39, 0.29) is 12.5 Å². The fraction of sp³-hybridized carbons (Fsp3) is 0.0476. The highest BCUT2D eigenvalue weighted by Crippen LogP contribution is 2.23. The number of para-hydroxylation sites is 1. The first-order chi connectivity index (χ1) is 13.5. The van der Waals surface area contributed by atoms with Gasteiger partial charge in [0.15, 0.2) is 6.61 Å². The average molecular weight is 416 g/mol.